The van der Waals surface area contributed by atoms with Crippen molar-refractivity contribution in [2.45, 2.75) is 50.1 Å². The number of amides is 1. The Morgan fingerprint density at radius 1 is 1.13 bits per heavy atom. The van der Waals surface area contributed by atoms with Gasteiger partial charge in [-0.25, -0.2) is 4.79 Å². The maximum Gasteiger partial charge on any atom is 0.333 e. The van der Waals surface area contributed by atoms with Gasteiger partial charge in [0.25, 0.3) is 5.91 Å². The highest BCUT2D eigenvalue weighted by Gasteiger charge is 2.29. The molecule has 0 spiro atoms. The summed E-state index contributed by atoms with van der Waals surface area (Å²) in [5, 5.41) is 3.24. The predicted molar refractivity (Wildman–Crippen MR) is 132 cm³/mol. The second kappa shape index (κ2) is 8.79. The molecule has 1 aliphatic rings. The first kappa shape index (κ1) is 22.1. The molecule has 164 valence electrons. The Hall–Kier alpha value is -2.12. The number of carbonyl (C=O) groups excluding carboxylic acids is 1. The lowest BCUT2D eigenvalue weighted by atomic mass is 9.94. The summed E-state index contributed by atoms with van der Waals surface area (Å²) < 4.78 is 3.52. The van der Waals surface area contributed by atoms with E-state index in [1.54, 1.807) is 20.9 Å². The SMILES string of the molecule is CSc1cccc(-n2c(=O)n(C(C)C)c3cc(C(=O)NC4(C)CCSCC4)ccc32)c1. The van der Waals surface area contributed by atoms with Gasteiger partial charge in [-0.1, -0.05) is 6.07 Å². The quantitative estimate of drug-likeness (QED) is 0.543. The highest BCUT2D eigenvalue weighted by atomic mass is 32.2. The number of thioether (sulfide) groups is 2. The minimum Gasteiger partial charge on any atom is -0.347 e. The number of nitrogens with one attached hydrogen (secondary N) is 1. The van der Waals surface area contributed by atoms with Crippen molar-refractivity contribution in [3.63, 3.8) is 0 Å². The van der Waals surface area contributed by atoms with Crippen molar-refractivity contribution in [1.29, 1.82) is 0 Å². The third-order valence-corrected chi connectivity index (χ3v) is 7.69. The predicted octanol–water partition coefficient (Wildman–Crippen LogP) is 5.11. The number of nitrogens with zero attached hydrogens (tertiary/aromatic N) is 2. The Morgan fingerprint density at radius 3 is 2.55 bits per heavy atom. The Labute approximate surface area is 191 Å². The van der Waals surface area contributed by atoms with Crippen molar-refractivity contribution >= 4 is 40.5 Å². The largest absolute Gasteiger partial charge is 0.347 e. The molecule has 1 aromatic heterocycles. The van der Waals surface area contributed by atoms with Gasteiger partial charge in [0.2, 0.25) is 0 Å². The molecule has 1 N–H and O–H groups in total. The Kier molecular flexibility index (Phi) is 6.26. The van der Waals surface area contributed by atoms with E-state index in [1.165, 1.54) is 0 Å². The molecule has 31 heavy (non-hydrogen) atoms. The average molecular weight is 456 g/mol. The van der Waals surface area contributed by atoms with Crippen LogP contribution in [0.2, 0.25) is 0 Å². The summed E-state index contributed by atoms with van der Waals surface area (Å²) in [5.74, 6) is 2.07. The second-order valence-electron chi connectivity index (χ2n) is 8.61. The van der Waals surface area contributed by atoms with E-state index in [0.717, 1.165) is 46.0 Å². The number of rotatable bonds is 5. The van der Waals surface area contributed by atoms with Gasteiger partial charge in [-0.2, -0.15) is 11.8 Å². The van der Waals surface area contributed by atoms with E-state index in [2.05, 4.69) is 12.2 Å². The van der Waals surface area contributed by atoms with Crippen molar-refractivity contribution in [1.82, 2.24) is 14.5 Å². The number of imidazole rings is 1. The summed E-state index contributed by atoms with van der Waals surface area (Å²) in [4.78, 5) is 27.6. The van der Waals surface area contributed by atoms with E-state index in [0.29, 0.717) is 5.56 Å². The van der Waals surface area contributed by atoms with E-state index in [4.69, 9.17) is 0 Å². The Morgan fingerprint density at radius 2 is 1.87 bits per heavy atom. The fraction of sp³-hybridized carbons (Fsp3) is 0.417. The maximum atomic E-state index is 13.4. The molecule has 1 aliphatic heterocycles. The van der Waals surface area contributed by atoms with Crippen LogP contribution in [0.25, 0.3) is 16.7 Å². The van der Waals surface area contributed by atoms with Gasteiger partial charge in [0.15, 0.2) is 0 Å². The summed E-state index contributed by atoms with van der Waals surface area (Å²) in [7, 11) is 0. The van der Waals surface area contributed by atoms with Crippen LogP contribution in [-0.4, -0.2) is 38.3 Å². The molecule has 0 radical (unpaired) electrons. The fourth-order valence-corrected chi connectivity index (χ4v) is 6.00. The van der Waals surface area contributed by atoms with E-state index in [-0.39, 0.29) is 23.2 Å². The van der Waals surface area contributed by atoms with E-state index < -0.39 is 0 Å². The Balaban J connectivity index is 1.79. The van der Waals surface area contributed by atoms with Crippen molar-refractivity contribution in [2.24, 2.45) is 0 Å². The van der Waals surface area contributed by atoms with Crippen LogP contribution in [0, 0.1) is 0 Å². The highest BCUT2D eigenvalue weighted by Crippen LogP contribution is 2.28. The molecule has 1 saturated heterocycles. The Bertz CT molecular complexity index is 1170. The lowest BCUT2D eigenvalue weighted by Gasteiger charge is -2.34. The zero-order valence-corrected chi connectivity index (χ0v) is 20.1. The minimum absolute atomic E-state index is 0.0221. The molecule has 5 nitrogen and oxygen atoms in total. The maximum absolute atomic E-state index is 13.4. The van der Waals surface area contributed by atoms with Gasteiger partial charge in [-0.15, -0.1) is 11.8 Å². The first-order valence-corrected chi connectivity index (χ1v) is 13.0. The number of hydrogen-bond donors (Lipinski definition) is 1. The van der Waals surface area contributed by atoms with Crippen LogP contribution in [-0.2, 0) is 0 Å². The van der Waals surface area contributed by atoms with Crippen LogP contribution in [0.3, 0.4) is 0 Å². The van der Waals surface area contributed by atoms with Crippen LogP contribution in [0.4, 0.5) is 0 Å². The molecule has 3 aromatic rings. The second-order valence-corrected chi connectivity index (χ2v) is 10.7. The lowest BCUT2D eigenvalue weighted by molar-refractivity contribution is 0.0901. The third-order valence-electron chi connectivity index (χ3n) is 5.97. The monoisotopic (exact) mass is 455 g/mol. The molecule has 0 bridgehead atoms. The summed E-state index contributed by atoms with van der Waals surface area (Å²) in [6.45, 7) is 6.12. The molecule has 1 amide bonds. The van der Waals surface area contributed by atoms with Crippen LogP contribution in [0.1, 0.15) is 50.0 Å². The number of fused-ring (bicyclic) bond motifs is 1. The molecule has 0 aliphatic carbocycles. The summed E-state index contributed by atoms with van der Waals surface area (Å²) in [6, 6.07) is 13.6. The van der Waals surface area contributed by atoms with Gasteiger partial charge < -0.3 is 5.32 Å². The molecule has 1 fully saturated rings. The molecule has 7 heteroatoms. The van der Waals surface area contributed by atoms with Gasteiger partial charge in [0, 0.05) is 22.0 Å². The number of carbonyl (C=O) groups is 1. The topological polar surface area (TPSA) is 56.0 Å². The van der Waals surface area contributed by atoms with Crippen molar-refractivity contribution in [3.8, 4) is 5.69 Å². The van der Waals surface area contributed by atoms with E-state index >= 15 is 0 Å². The zero-order chi connectivity index (χ0) is 22.2. The first-order valence-electron chi connectivity index (χ1n) is 10.6. The summed E-state index contributed by atoms with van der Waals surface area (Å²) >= 11 is 3.59. The van der Waals surface area contributed by atoms with Gasteiger partial charge >= 0.3 is 5.69 Å². The van der Waals surface area contributed by atoms with Crippen LogP contribution < -0.4 is 11.0 Å². The van der Waals surface area contributed by atoms with Crippen molar-refractivity contribution < 1.29 is 4.79 Å². The third kappa shape index (κ3) is 4.30. The summed E-state index contributed by atoms with van der Waals surface area (Å²) in [5.41, 5.74) is 2.78. The smallest absolute Gasteiger partial charge is 0.333 e. The molecule has 4 rings (SSSR count). The normalized spacial score (nSPS) is 16.0. The van der Waals surface area contributed by atoms with Gasteiger partial charge in [-0.05, 0) is 87.8 Å². The van der Waals surface area contributed by atoms with Gasteiger partial charge in [0.05, 0.1) is 16.7 Å². The minimum atomic E-state index is -0.167. The van der Waals surface area contributed by atoms with Gasteiger partial charge in [-0.3, -0.25) is 13.9 Å². The molecular formula is C24H29N3O2S2. The van der Waals surface area contributed by atoms with Crippen molar-refractivity contribution in [3.05, 3.63) is 58.5 Å². The number of benzene rings is 2. The molecular weight excluding hydrogens is 426 g/mol. The van der Waals surface area contributed by atoms with Gasteiger partial charge in [0.1, 0.15) is 0 Å². The first-order chi connectivity index (χ1) is 14.8. The molecule has 0 saturated carbocycles. The van der Waals surface area contributed by atoms with E-state index in [1.807, 2.05) is 74.3 Å². The lowest BCUT2D eigenvalue weighted by Crippen LogP contribution is -2.48. The number of hydrogen-bond acceptors (Lipinski definition) is 4. The summed E-state index contributed by atoms with van der Waals surface area (Å²) in [6.07, 6.45) is 3.98. The molecule has 0 atom stereocenters. The highest BCUT2D eigenvalue weighted by molar-refractivity contribution is 7.99. The van der Waals surface area contributed by atoms with Crippen LogP contribution >= 0.6 is 23.5 Å². The average Bonchev–Trinajstić information content (AvgIpc) is 3.05. The fourth-order valence-electron chi connectivity index (χ4n) is 4.15. The van der Waals surface area contributed by atoms with Crippen LogP contribution in [0.5, 0.6) is 0 Å². The van der Waals surface area contributed by atoms with Crippen LogP contribution in [0.15, 0.2) is 52.2 Å². The number of aromatic nitrogens is 2. The van der Waals surface area contributed by atoms with E-state index in [9.17, 15) is 9.59 Å². The van der Waals surface area contributed by atoms with Crippen molar-refractivity contribution in [2.75, 3.05) is 17.8 Å². The molecule has 0 unspecified atom stereocenters. The standard InChI is InChI=1S/C24H29N3O2S2/c1-16(2)26-21-14-17(22(28)25-24(3)10-12-31-13-11-24)8-9-20(21)27(23(26)29)18-6-5-7-19(15-18)30-4/h5-9,14-16H,10-13H2,1-4H3,(H,25,28). The zero-order valence-electron chi connectivity index (χ0n) is 18.5. The molecule has 2 aromatic carbocycles. The molecule has 2 heterocycles.